The minimum Gasteiger partial charge on any atom is -0.337 e. The van der Waals surface area contributed by atoms with Crippen molar-refractivity contribution in [3.8, 4) is 0 Å². The number of hydrogen-bond donors (Lipinski definition) is 1. The van der Waals surface area contributed by atoms with E-state index in [1.165, 1.54) is 28.2 Å². The van der Waals surface area contributed by atoms with E-state index in [0.717, 1.165) is 25.2 Å². The first-order chi connectivity index (χ1) is 12.5. The molecule has 6 heteroatoms. The Bertz CT molecular complexity index is 878. The normalized spacial score (nSPS) is 24.1. The molecule has 3 atom stereocenters. The number of carbonyl (C=O) groups is 1. The summed E-state index contributed by atoms with van der Waals surface area (Å²) in [5, 5.41) is 10.9. The Balaban J connectivity index is 1.73. The lowest BCUT2D eigenvalue weighted by molar-refractivity contribution is -0.886. The summed E-state index contributed by atoms with van der Waals surface area (Å²) < 4.78 is 0. The molecule has 1 N–H and O–H groups in total. The van der Waals surface area contributed by atoms with E-state index in [0.29, 0.717) is 11.5 Å². The molecule has 0 aromatic heterocycles. The van der Waals surface area contributed by atoms with Gasteiger partial charge in [-0.3, -0.25) is 14.9 Å². The molecule has 2 heterocycles. The number of nitrogens with one attached hydrogen (secondary N) is 1. The van der Waals surface area contributed by atoms with Gasteiger partial charge in [-0.15, -0.1) is 0 Å². The van der Waals surface area contributed by atoms with E-state index >= 15 is 0 Å². The molecule has 0 bridgehead atoms. The Kier molecular flexibility index (Phi) is 4.00. The summed E-state index contributed by atoms with van der Waals surface area (Å²) in [6.07, 6.45) is 0.961. The minimum atomic E-state index is -0.446. The molecule has 0 aliphatic carbocycles. The van der Waals surface area contributed by atoms with Crippen LogP contribution in [0.15, 0.2) is 42.5 Å². The van der Waals surface area contributed by atoms with Crippen molar-refractivity contribution in [2.24, 2.45) is 0 Å². The smallest absolute Gasteiger partial charge is 0.269 e. The average molecular weight is 352 g/mol. The highest BCUT2D eigenvalue weighted by atomic mass is 16.6. The Morgan fingerprint density at radius 2 is 1.96 bits per heavy atom. The number of hydrogen-bond acceptors (Lipinski definition) is 3. The SMILES string of the molecule is Cc1ccc2c(c1)[C@H]1C[NH+](C)CC[C@@H]1N2C(=O)c1ccc([N+](=O)[O-])cc1. The molecule has 2 aliphatic rings. The van der Waals surface area contributed by atoms with Gasteiger partial charge in [0.15, 0.2) is 0 Å². The highest BCUT2D eigenvalue weighted by molar-refractivity contribution is 6.08. The Morgan fingerprint density at radius 1 is 1.23 bits per heavy atom. The summed E-state index contributed by atoms with van der Waals surface area (Å²) in [6, 6.07) is 12.4. The van der Waals surface area contributed by atoms with Crippen LogP contribution in [0.25, 0.3) is 0 Å². The number of likely N-dealkylation sites (N-methyl/N-ethyl adjacent to an activating group) is 1. The zero-order valence-electron chi connectivity index (χ0n) is 14.9. The lowest BCUT2D eigenvalue weighted by Gasteiger charge is -2.34. The van der Waals surface area contributed by atoms with Gasteiger partial charge in [-0.25, -0.2) is 0 Å². The minimum absolute atomic E-state index is 0.000218. The molecule has 0 radical (unpaired) electrons. The fourth-order valence-electron chi connectivity index (χ4n) is 4.33. The lowest BCUT2D eigenvalue weighted by atomic mass is 9.88. The predicted octanol–water partition coefficient (Wildman–Crippen LogP) is 1.93. The average Bonchev–Trinajstić information content (AvgIpc) is 2.94. The molecule has 4 rings (SSSR count). The maximum Gasteiger partial charge on any atom is 0.269 e. The summed E-state index contributed by atoms with van der Waals surface area (Å²) in [5.74, 6) is 0.276. The second-order valence-corrected chi connectivity index (χ2v) is 7.42. The summed E-state index contributed by atoms with van der Waals surface area (Å²) in [5.41, 5.74) is 3.94. The van der Waals surface area contributed by atoms with Crippen molar-refractivity contribution >= 4 is 17.3 Å². The Morgan fingerprint density at radius 3 is 2.65 bits per heavy atom. The molecule has 134 valence electrons. The van der Waals surface area contributed by atoms with Crippen LogP contribution in [-0.4, -0.2) is 37.0 Å². The Labute approximate surface area is 152 Å². The van der Waals surface area contributed by atoms with E-state index in [-0.39, 0.29) is 17.6 Å². The van der Waals surface area contributed by atoms with E-state index < -0.39 is 4.92 Å². The fourth-order valence-corrected chi connectivity index (χ4v) is 4.33. The van der Waals surface area contributed by atoms with Crippen molar-refractivity contribution in [2.45, 2.75) is 25.3 Å². The van der Waals surface area contributed by atoms with E-state index in [1.807, 2.05) is 17.0 Å². The van der Waals surface area contributed by atoms with E-state index in [1.54, 1.807) is 12.1 Å². The van der Waals surface area contributed by atoms with Gasteiger partial charge in [-0.2, -0.15) is 0 Å². The molecule has 6 nitrogen and oxygen atoms in total. The van der Waals surface area contributed by atoms with Crippen molar-refractivity contribution in [2.75, 3.05) is 25.0 Å². The maximum atomic E-state index is 13.3. The number of likely N-dealkylation sites (tertiary alicyclic amines) is 1. The van der Waals surface area contributed by atoms with Gasteiger partial charge in [-0.1, -0.05) is 17.7 Å². The number of quaternary nitrogens is 1. The fraction of sp³-hybridized carbons (Fsp3) is 0.350. The maximum absolute atomic E-state index is 13.3. The number of anilines is 1. The number of nitro groups is 1. The van der Waals surface area contributed by atoms with Gasteiger partial charge in [0.2, 0.25) is 0 Å². The molecule has 2 aromatic rings. The number of rotatable bonds is 2. The molecule has 2 aromatic carbocycles. The summed E-state index contributed by atoms with van der Waals surface area (Å²) in [7, 11) is 2.20. The molecule has 1 unspecified atom stereocenters. The largest absolute Gasteiger partial charge is 0.337 e. The number of carbonyl (C=O) groups excluding carboxylic acids is 1. The van der Waals surface area contributed by atoms with Crippen LogP contribution in [0.3, 0.4) is 0 Å². The van der Waals surface area contributed by atoms with Crippen molar-refractivity contribution in [3.05, 3.63) is 69.3 Å². The lowest BCUT2D eigenvalue weighted by Crippen LogP contribution is -3.11. The topological polar surface area (TPSA) is 67.9 Å². The number of benzene rings is 2. The summed E-state index contributed by atoms with van der Waals surface area (Å²) >= 11 is 0. The number of aryl methyl sites for hydroxylation is 1. The van der Waals surface area contributed by atoms with Crippen molar-refractivity contribution < 1.29 is 14.6 Å². The summed E-state index contributed by atoms with van der Waals surface area (Å²) in [6.45, 7) is 4.14. The van der Waals surface area contributed by atoms with E-state index in [2.05, 4.69) is 20.0 Å². The van der Waals surface area contributed by atoms with Crippen molar-refractivity contribution in [1.82, 2.24) is 0 Å². The second-order valence-electron chi connectivity index (χ2n) is 7.42. The van der Waals surface area contributed by atoms with Crippen LogP contribution < -0.4 is 9.80 Å². The molecule has 26 heavy (non-hydrogen) atoms. The van der Waals surface area contributed by atoms with Crippen molar-refractivity contribution in [1.29, 1.82) is 0 Å². The molecular weight excluding hydrogens is 330 g/mol. The quantitative estimate of drug-likeness (QED) is 0.663. The van der Waals surface area contributed by atoms with Gasteiger partial charge < -0.3 is 9.80 Å². The number of amides is 1. The van der Waals surface area contributed by atoms with Gasteiger partial charge in [0.1, 0.15) is 0 Å². The van der Waals surface area contributed by atoms with Crippen LogP contribution in [0.5, 0.6) is 0 Å². The van der Waals surface area contributed by atoms with Crippen molar-refractivity contribution in [3.63, 3.8) is 0 Å². The first-order valence-electron chi connectivity index (χ1n) is 8.95. The van der Waals surface area contributed by atoms with Gasteiger partial charge in [0, 0.05) is 29.8 Å². The van der Waals surface area contributed by atoms with Crippen LogP contribution in [0.2, 0.25) is 0 Å². The van der Waals surface area contributed by atoms with Gasteiger partial charge in [0.05, 0.1) is 37.0 Å². The van der Waals surface area contributed by atoms with E-state index in [4.69, 9.17) is 0 Å². The summed E-state index contributed by atoms with van der Waals surface area (Å²) in [4.78, 5) is 27.1. The third-order valence-electron chi connectivity index (χ3n) is 5.62. The zero-order valence-corrected chi connectivity index (χ0v) is 14.9. The highest BCUT2D eigenvalue weighted by Gasteiger charge is 2.45. The third-order valence-corrected chi connectivity index (χ3v) is 5.62. The molecule has 0 saturated carbocycles. The standard InChI is InChI=1S/C20H21N3O3/c1-13-3-8-18-16(11-13)17-12-21(2)10-9-19(17)22(18)20(24)14-4-6-15(7-5-14)23(25)26/h3-8,11,17,19H,9-10,12H2,1-2H3/p+1/t17-,19+/m1/s1. The molecule has 1 fully saturated rings. The number of nitro benzene ring substituents is 1. The number of piperidine rings is 1. The molecule has 1 amide bonds. The first-order valence-corrected chi connectivity index (χ1v) is 8.95. The van der Waals surface area contributed by atoms with Crippen LogP contribution in [0.1, 0.15) is 33.8 Å². The molecule has 2 aliphatic heterocycles. The molecule has 0 spiro atoms. The highest BCUT2D eigenvalue weighted by Crippen LogP contribution is 2.43. The van der Waals surface area contributed by atoms with Crippen LogP contribution in [0.4, 0.5) is 11.4 Å². The number of nitrogens with zero attached hydrogens (tertiary/aromatic N) is 2. The van der Waals surface area contributed by atoms with Crippen LogP contribution in [-0.2, 0) is 0 Å². The second kappa shape index (κ2) is 6.21. The van der Waals surface area contributed by atoms with Gasteiger partial charge >= 0.3 is 0 Å². The van der Waals surface area contributed by atoms with E-state index in [9.17, 15) is 14.9 Å². The Hall–Kier alpha value is -2.73. The number of fused-ring (bicyclic) bond motifs is 3. The van der Waals surface area contributed by atoms with Gasteiger partial charge in [0.25, 0.3) is 11.6 Å². The zero-order chi connectivity index (χ0) is 18.4. The predicted molar refractivity (Wildman–Crippen MR) is 98.9 cm³/mol. The first kappa shape index (κ1) is 16.7. The van der Waals surface area contributed by atoms with Crippen LogP contribution >= 0.6 is 0 Å². The molecule has 1 saturated heterocycles. The number of non-ortho nitro benzene ring substituents is 1. The van der Waals surface area contributed by atoms with Crippen LogP contribution in [0, 0.1) is 17.0 Å². The monoisotopic (exact) mass is 352 g/mol. The van der Waals surface area contributed by atoms with Gasteiger partial charge in [-0.05, 0) is 30.7 Å². The third kappa shape index (κ3) is 2.66. The molecular formula is C20H22N3O3+.